The van der Waals surface area contributed by atoms with Gasteiger partial charge in [0.2, 0.25) is 0 Å². The van der Waals surface area contributed by atoms with E-state index in [0.717, 1.165) is 13.1 Å². The first-order valence-corrected chi connectivity index (χ1v) is 6.95. The Morgan fingerprint density at radius 2 is 1.83 bits per heavy atom. The van der Waals surface area contributed by atoms with E-state index in [1.165, 1.54) is 16.8 Å². The molecular formula is C16H28N2. The van der Waals surface area contributed by atoms with Gasteiger partial charge < -0.3 is 10.2 Å². The standard InChI is InChI=1S/C16H28N2/c1-12(2)10-17-11-15-7-8-16(9-14(15)5)18(6)13(3)4/h7-9,12-13,17H,10-11H2,1-6H3. The summed E-state index contributed by atoms with van der Waals surface area (Å²) < 4.78 is 0. The lowest BCUT2D eigenvalue weighted by atomic mass is 10.1. The van der Waals surface area contributed by atoms with Crippen LogP contribution in [-0.2, 0) is 6.54 Å². The number of hydrogen-bond acceptors (Lipinski definition) is 2. The maximum atomic E-state index is 3.50. The zero-order chi connectivity index (χ0) is 13.7. The third-order valence-corrected chi connectivity index (χ3v) is 3.38. The number of aryl methyl sites for hydroxylation is 1. The molecule has 2 nitrogen and oxygen atoms in total. The Balaban J connectivity index is 2.68. The molecule has 0 bridgehead atoms. The van der Waals surface area contributed by atoms with E-state index < -0.39 is 0 Å². The van der Waals surface area contributed by atoms with E-state index in [0.29, 0.717) is 12.0 Å². The number of anilines is 1. The number of rotatable bonds is 6. The van der Waals surface area contributed by atoms with Crippen molar-refractivity contribution in [1.82, 2.24) is 5.32 Å². The SMILES string of the molecule is Cc1cc(N(C)C(C)C)ccc1CNCC(C)C. The molecule has 1 aromatic carbocycles. The maximum absolute atomic E-state index is 3.50. The van der Waals surface area contributed by atoms with Gasteiger partial charge in [0.15, 0.2) is 0 Å². The summed E-state index contributed by atoms with van der Waals surface area (Å²) in [4.78, 5) is 2.30. The minimum Gasteiger partial charge on any atom is -0.372 e. The zero-order valence-corrected chi connectivity index (χ0v) is 12.7. The second kappa shape index (κ2) is 6.79. The first kappa shape index (κ1) is 15.0. The van der Waals surface area contributed by atoms with Gasteiger partial charge in [0.1, 0.15) is 0 Å². The van der Waals surface area contributed by atoms with Crippen LogP contribution < -0.4 is 10.2 Å². The molecule has 0 fully saturated rings. The molecule has 1 aromatic rings. The summed E-state index contributed by atoms with van der Waals surface area (Å²) in [6.07, 6.45) is 0. The summed E-state index contributed by atoms with van der Waals surface area (Å²) in [5, 5.41) is 3.50. The highest BCUT2D eigenvalue weighted by Gasteiger charge is 2.06. The summed E-state index contributed by atoms with van der Waals surface area (Å²) in [6, 6.07) is 7.29. The molecule has 0 unspecified atom stereocenters. The van der Waals surface area contributed by atoms with Crippen molar-refractivity contribution in [3.05, 3.63) is 29.3 Å². The Labute approximate surface area is 112 Å². The Morgan fingerprint density at radius 1 is 1.17 bits per heavy atom. The van der Waals surface area contributed by atoms with Crippen LogP contribution in [0.4, 0.5) is 5.69 Å². The van der Waals surface area contributed by atoms with E-state index in [2.05, 4.69) is 70.1 Å². The number of nitrogens with zero attached hydrogens (tertiary/aromatic N) is 1. The molecule has 0 aromatic heterocycles. The third-order valence-electron chi connectivity index (χ3n) is 3.38. The lowest BCUT2D eigenvalue weighted by Gasteiger charge is -2.24. The van der Waals surface area contributed by atoms with Crippen LogP contribution in [-0.4, -0.2) is 19.6 Å². The Bertz CT molecular complexity index is 369. The lowest BCUT2D eigenvalue weighted by molar-refractivity contribution is 0.551. The predicted octanol–water partition coefficient (Wildman–Crippen LogP) is 3.59. The lowest BCUT2D eigenvalue weighted by Crippen LogP contribution is -2.25. The Hall–Kier alpha value is -1.02. The van der Waals surface area contributed by atoms with E-state index in [1.807, 2.05) is 0 Å². The van der Waals surface area contributed by atoms with E-state index in [-0.39, 0.29) is 0 Å². The molecule has 0 radical (unpaired) electrons. The number of hydrogen-bond donors (Lipinski definition) is 1. The van der Waals surface area contributed by atoms with Crippen molar-refractivity contribution < 1.29 is 0 Å². The van der Waals surface area contributed by atoms with E-state index >= 15 is 0 Å². The van der Waals surface area contributed by atoms with E-state index in [1.54, 1.807) is 0 Å². The molecule has 18 heavy (non-hydrogen) atoms. The summed E-state index contributed by atoms with van der Waals surface area (Å²) in [7, 11) is 2.15. The highest BCUT2D eigenvalue weighted by molar-refractivity contribution is 5.50. The van der Waals surface area contributed by atoms with Gasteiger partial charge in [-0.1, -0.05) is 19.9 Å². The minimum absolute atomic E-state index is 0.536. The van der Waals surface area contributed by atoms with Crippen LogP contribution in [0.25, 0.3) is 0 Å². The first-order chi connectivity index (χ1) is 8.41. The largest absolute Gasteiger partial charge is 0.372 e. The average Bonchev–Trinajstić information content (AvgIpc) is 2.29. The van der Waals surface area contributed by atoms with Gasteiger partial charge in [-0.3, -0.25) is 0 Å². The summed E-state index contributed by atoms with van der Waals surface area (Å²) in [5.41, 5.74) is 4.07. The van der Waals surface area contributed by atoms with Gasteiger partial charge in [-0.05, 0) is 56.5 Å². The number of benzene rings is 1. The molecule has 0 saturated carbocycles. The molecule has 2 heteroatoms. The molecular weight excluding hydrogens is 220 g/mol. The second-order valence-electron chi connectivity index (χ2n) is 5.84. The highest BCUT2D eigenvalue weighted by Crippen LogP contribution is 2.19. The maximum Gasteiger partial charge on any atom is 0.0368 e. The molecule has 102 valence electrons. The normalized spacial score (nSPS) is 11.3. The van der Waals surface area contributed by atoms with Crippen molar-refractivity contribution in [3.8, 4) is 0 Å². The predicted molar refractivity (Wildman–Crippen MR) is 81.3 cm³/mol. The van der Waals surface area contributed by atoms with Gasteiger partial charge in [-0.25, -0.2) is 0 Å². The van der Waals surface area contributed by atoms with Gasteiger partial charge in [-0.15, -0.1) is 0 Å². The summed E-state index contributed by atoms with van der Waals surface area (Å²) in [5.74, 6) is 0.705. The molecule has 0 aliphatic carbocycles. The molecule has 0 saturated heterocycles. The van der Waals surface area contributed by atoms with Gasteiger partial charge in [0.25, 0.3) is 0 Å². The van der Waals surface area contributed by atoms with E-state index in [4.69, 9.17) is 0 Å². The first-order valence-electron chi connectivity index (χ1n) is 6.95. The molecule has 0 aliphatic rings. The van der Waals surface area contributed by atoms with Crippen LogP contribution >= 0.6 is 0 Å². The monoisotopic (exact) mass is 248 g/mol. The van der Waals surface area contributed by atoms with Crippen LogP contribution in [0.1, 0.15) is 38.8 Å². The van der Waals surface area contributed by atoms with Crippen LogP contribution in [0.5, 0.6) is 0 Å². The van der Waals surface area contributed by atoms with Crippen molar-refractivity contribution in [2.75, 3.05) is 18.5 Å². The van der Waals surface area contributed by atoms with E-state index in [9.17, 15) is 0 Å². The van der Waals surface area contributed by atoms with Crippen LogP contribution in [0.2, 0.25) is 0 Å². The van der Waals surface area contributed by atoms with Crippen LogP contribution in [0.3, 0.4) is 0 Å². The molecule has 0 spiro atoms. The number of nitrogens with one attached hydrogen (secondary N) is 1. The molecule has 0 aliphatic heterocycles. The van der Waals surface area contributed by atoms with Crippen molar-refractivity contribution in [2.24, 2.45) is 5.92 Å². The quantitative estimate of drug-likeness (QED) is 0.827. The van der Waals surface area contributed by atoms with Crippen molar-refractivity contribution >= 4 is 5.69 Å². The molecule has 0 heterocycles. The zero-order valence-electron chi connectivity index (χ0n) is 12.7. The van der Waals surface area contributed by atoms with Gasteiger partial charge in [0.05, 0.1) is 0 Å². The molecule has 1 rings (SSSR count). The van der Waals surface area contributed by atoms with Crippen molar-refractivity contribution in [2.45, 2.75) is 47.2 Å². The third kappa shape index (κ3) is 4.34. The summed E-state index contributed by atoms with van der Waals surface area (Å²) >= 11 is 0. The topological polar surface area (TPSA) is 15.3 Å². The Kier molecular flexibility index (Phi) is 5.67. The fourth-order valence-electron chi connectivity index (χ4n) is 1.89. The molecule has 0 atom stereocenters. The molecule has 1 N–H and O–H groups in total. The van der Waals surface area contributed by atoms with Crippen LogP contribution in [0.15, 0.2) is 18.2 Å². The highest BCUT2D eigenvalue weighted by atomic mass is 15.1. The fourth-order valence-corrected chi connectivity index (χ4v) is 1.89. The molecule has 0 amide bonds. The minimum atomic E-state index is 0.536. The van der Waals surface area contributed by atoms with Crippen LogP contribution in [0, 0.1) is 12.8 Å². The Morgan fingerprint density at radius 3 is 2.33 bits per heavy atom. The van der Waals surface area contributed by atoms with Crippen molar-refractivity contribution in [1.29, 1.82) is 0 Å². The van der Waals surface area contributed by atoms with Gasteiger partial charge >= 0.3 is 0 Å². The van der Waals surface area contributed by atoms with Crippen molar-refractivity contribution in [3.63, 3.8) is 0 Å². The second-order valence-corrected chi connectivity index (χ2v) is 5.84. The average molecular weight is 248 g/mol. The smallest absolute Gasteiger partial charge is 0.0368 e. The van der Waals surface area contributed by atoms with Gasteiger partial charge in [0, 0.05) is 25.3 Å². The fraction of sp³-hybridized carbons (Fsp3) is 0.625. The summed E-state index contributed by atoms with van der Waals surface area (Å²) in [6.45, 7) is 13.1. The van der Waals surface area contributed by atoms with Gasteiger partial charge in [-0.2, -0.15) is 0 Å².